The van der Waals surface area contributed by atoms with Crippen molar-refractivity contribution < 1.29 is 0 Å². The summed E-state index contributed by atoms with van der Waals surface area (Å²) in [6.07, 6.45) is 50.0. The SMILES string of the molecule is CCCCCCCCCCCCCCCCCCC(C)(C)CCCCCCCCCCCCCCCCCC.CN(C)C. The number of hydrogen-bond acceptors (Lipinski definition) is 1. The van der Waals surface area contributed by atoms with Gasteiger partial charge in [-0.05, 0) is 39.4 Å². The number of unbranched alkanes of at least 4 members (excludes halogenated alkanes) is 30. The van der Waals surface area contributed by atoms with E-state index in [1.807, 2.05) is 26.0 Å². The third-order valence-electron chi connectivity index (χ3n) is 9.41. The molecule has 0 amide bonds. The summed E-state index contributed by atoms with van der Waals surface area (Å²) in [5, 5.41) is 0. The Balaban J connectivity index is 0. The lowest BCUT2D eigenvalue weighted by atomic mass is 9.81. The molecule has 0 bridgehead atoms. The zero-order valence-corrected chi connectivity index (χ0v) is 32.0. The molecule has 0 saturated carbocycles. The Hall–Kier alpha value is -0.0400. The average Bonchev–Trinajstić information content (AvgIpc) is 2.96. The molecule has 0 atom stereocenters. The van der Waals surface area contributed by atoms with E-state index >= 15 is 0 Å². The highest BCUT2D eigenvalue weighted by atomic mass is 15.0. The molecule has 43 heavy (non-hydrogen) atoms. The largest absolute Gasteiger partial charge is 0.312 e. The van der Waals surface area contributed by atoms with Gasteiger partial charge in [-0.1, -0.05) is 233 Å². The highest BCUT2D eigenvalue weighted by Crippen LogP contribution is 2.30. The highest BCUT2D eigenvalue weighted by Gasteiger charge is 2.16. The van der Waals surface area contributed by atoms with Crippen LogP contribution in [-0.4, -0.2) is 26.0 Å². The van der Waals surface area contributed by atoms with E-state index in [0.717, 1.165) is 0 Å². The fraction of sp³-hybridized carbons (Fsp3) is 1.00. The molecule has 1 heteroatoms. The minimum Gasteiger partial charge on any atom is -0.312 e. The van der Waals surface area contributed by atoms with Crippen LogP contribution in [0.5, 0.6) is 0 Å². The predicted molar refractivity (Wildman–Crippen MR) is 202 cm³/mol. The van der Waals surface area contributed by atoms with Crippen molar-refractivity contribution in [2.75, 3.05) is 21.1 Å². The number of hydrogen-bond donors (Lipinski definition) is 0. The minimum absolute atomic E-state index is 0.575. The molecule has 0 aliphatic rings. The van der Waals surface area contributed by atoms with Gasteiger partial charge in [0.05, 0.1) is 0 Å². The van der Waals surface area contributed by atoms with Crippen molar-refractivity contribution in [3.63, 3.8) is 0 Å². The lowest BCUT2D eigenvalue weighted by Gasteiger charge is -2.24. The van der Waals surface area contributed by atoms with Gasteiger partial charge >= 0.3 is 0 Å². The second-order valence-corrected chi connectivity index (χ2v) is 15.6. The molecule has 0 aromatic rings. The lowest BCUT2D eigenvalue weighted by Crippen LogP contribution is -2.11. The van der Waals surface area contributed by atoms with Crippen LogP contribution in [-0.2, 0) is 0 Å². The van der Waals surface area contributed by atoms with Gasteiger partial charge in [-0.2, -0.15) is 0 Å². The van der Waals surface area contributed by atoms with Crippen LogP contribution in [0.25, 0.3) is 0 Å². The van der Waals surface area contributed by atoms with Crippen LogP contribution in [0.3, 0.4) is 0 Å². The van der Waals surface area contributed by atoms with Crippen LogP contribution in [0, 0.1) is 5.41 Å². The summed E-state index contributed by atoms with van der Waals surface area (Å²) in [6.45, 7) is 9.68. The summed E-state index contributed by atoms with van der Waals surface area (Å²) >= 11 is 0. The Bertz CT molecular complexity index is 427. The summed E-state index contributed by atoms with van der Waals surface area (Å²) in [7, 11) is 6.00. The standard InChI is InChI=1S/C39H80.C3H9N/c1-5-7-9-11-13-15-17-19-21-23-25-27-29-31-33-35-37-39(3,4)38-36-34-32-30-28-26-24-22-20-18-16-14-12-10-8-6-2;1-4(2)3/h5-38H2,1-4H3;1-3H3. The van der Waals surface area contributed by atoms with Crippen molar-refractivity contribution in [1.29, 1.82) is 0 Å². The first-order valence-corrected chi connectivity index (χ1v) is 20.5. The van der Waals surface area contributed by atoms with Gasteiger partial charge in [0.25, 0.3) is 0 Å². The van der Waals surface area contributed by atoms with Crippen LogP contribution >= 0.6 is 0 Å². The second-order valence-electron chi connectivity index (χ2n) is 15.6. The molecule has 0 saturated heterocycles. The van der Waals surface area contributed by atoms with Crippen LogP contribution < -0.4 is 0 Å². The molecule has 0 aromatic carbocycles. The van der Waals surface area contributed by atoms with E-state index in [1.54, 1.807) is 0 Å². The minimum atomic E-state index is 0.575. The molecule has 0 aliphatic carbocycles. The van der Waals surface area contributed by atoms with Crippen molar-refractivity contribution in [3.05, 3.63) is 0 Å². The Labute approximate surface area is 276 Å². The summed E-state index contributed by atoms with van der Waals surface area (Å²) in [6, 6.07) is 0. The van der Waals surface area contributed by atoms with E-state index in [1.165, 1.54) is 218 Å². The van der Waals surface area contributed by atoms with Crippen molar-refractivity contribution >= 4 is 0 Å². The van der Waals surface area contributed by atoms with Crippen LogP contribution in [0.2, 0.25) is 0 Å². The zero-order valence-electron chi connectivity index (χ0n) is 32.0. The molecule has 0 radical (unpaired) electrons. The van der Waals surface area contributed by atoms with Gasteiger partial charge in [-0.15, -0.1) is 0 Å². The molecule has 0 heterocycles. The molecule has 0 N–H and O–H groups in total. The van der Waals surface area contributed by atoms with E-state index in [0.29, 0.717) is 5.41 Å². The van der Waals surface area contributed by atoms with Crippen LogP contribution in [0.15, 0.2) is 0 Å². The van der Waals surface area contributed by atoms with Gasteiger partial charge in [-0.3, -0.25) is 0 Å². The Morgan fingerprint density at radius 2 is 0.419 bits per heavy atom. The Morgan fingerprint density at radius 1 is 0.279 bits per heavy atom. The fourth-order valence-corrected chi connectivity index (χ4v) is 6.43. The quantitative estimate of drug-likeness (QED) is 0.0658. The van der Waals surface area contributed by atoms with E-state index in [4.69, 9.17) is 0 Å². The lowest BCUT2D eigenvalue weighted by molar-refractivity contribution is 0.282. The molecule has 262 valence electrons. The smallest absolute Gasteiger partial charge is 0.0140 e. The Kier molecular flexibility index (Phi) is 40.0. The zero-order chi connectivity index (χ0) is 32.1. The first-order valence-electron chi connectivity index (χ1n) is 20.5. The van der Waals surface area contributed by atoms with Gasteiger partial charge in [-0.25, -0.2) is 0 Å². The summed E-state index contributed by atoms with van der Waals surface area (Å²) in [5.41, 5.74) is 0.575. The van der Waals surface area contributed by atoms with Crippen molar-refractivity contribution in [2.24, 2.45) is 5.41 Å². The first kappa shape index (κ1) is 45.1. The van der Waals surface area contributed by atoms with Gasteiger partial charge < -0.3 is 4.90 Å². The van der Waals surface area contributed by atoms with E-state index < -0.39 is 0 Å². The van der Waals surface area contributed by atoms with Crippen molar-refractivity contribution in [3.8, 4) is 0 Å². The molecule has 0 rings (SSSR count). The van der Waals surface area contributed by atoms with E-state index in [2.05, 4.69) is 27.7 Å². The number of rotatable bonds is 34. The van der Waals surface area contributed by atoms with Crippen molar-refractivity contribution in [1.82, 2.24) is 4.90 Å². The van der Waals surface area contributed by atoms with Crippen molar-refractivity contribution in [2.45, 2.75) is 246 Å². The fourth-order valence-electron chi connectivity index (χ4n) is 6.43. The molecule has 1 nitrogen and oxygen atoms in total. The maximum atomic E-state index is 2.53. The molecule has 0 fully saturated rings. The average molecular weight is 608 g/mol. The predicted octanol–water partition coefficient (Wildman–Crippen LogP) is 15.5. The first-order chi connectivity index (χ1) is 20.9. The maximum absolute atomic E-state index is 2.53. The van der Waals surface area contributed by atoms with E-state index in [-0.39, 0.29) is 0 Å². The Morgan fingerprint density at radius 3 is 0.581 bits per heavy atom. The van der Waals surface area contributed by atoms with Crippen LogP contribution in [0.1, 0.15) is 246 Å². The highest BCUT2D eigenvalue weighted by molar-refractivity contribution is 4.69. The number of nitrogens with zero attached hydrogens (tertiary/aromatic N) is 1. The normalized spacial score (nSPS) is 11.7. The maximum Gasteiger partial charge on any atom is -0.0140 e. The summed E-state index contributed by atoms with van der Waals surface area (Å²) in [4.78, 5) is 2.00. The third kappa shape index (κ3) is 46.5. The van der Waals surface area contributed by atoms with Gasteiger partial charge in [0.2, 0.25) is 0 Å². The summed E-state index contributed by atoms with van der Waals surface area (Å²) < 4.78 is 0. The molecule has 0 aromatic heterocycles. The molecule has 0 aliphatic heterocycles. The van der Waals surface area contributed by atoms with Gasteiger partial charge in [0.1, 0.15) is 0 Å². The molecule has 0 unspecified atom stereocenters. The summed E-state index contributed by atoms with van der Waals surface area (Å²) in [5.74, 6) is 0. The second kappa shape index (κ2) is 38.1. The molecular formula is C42H89N. The third-order valence-corrected chi connectivity index (χ3v) is 9.41. The molecule has 0 spiro atoms. The molecular weight excluding hydrogens is 518 g/mol. The van der Waals surface area contributed by atoms with E-state index in [9.17, 15) is 0 Å². The topological polar surface area (TPSA) is 3.24 Å². The van der Waals surface area contributed by atoms with Gasteiger partial charge in [0, 0.05) is 0 Å². The van der Waals surface area contributed by atoms with Crippen LogP contribution in [0.4, 0.5) is 0 Å². The monoisotopic (exact) mass is 608 g/mol. The van der Waals surface area contributed by atoms with Gasteiger partial charge in [0.15, 0.2) is 0 Å².